The maximum atomic E-state index is 13.8. The van der Waals surface area contributed by atoms with E-state index < -0.39 is 11.6 Å². The molecule has 18 heavy (non-hydrogen) atoms. The number of aromatic nitrogens is 3. The summed E-state index contributed by atoms with van der Waals surface area (Å²) in [5, 5.41) is 7.65. The molecule has 0 saturated carbocycles. The standard InChI is InChI=1S/C12H12ClF2N3/c1-12(2,3)10-16-17-11(13)18(10)8-6-4-5-7(14)9(8)15/h4-6H,1-3H3. The molecule has 0 fully saturated rings. The van der Waals surface area contributed by atoms with E-state index in [-0.39, 0.29) is 16.4 Å². The van der Waals surface area contributed by atoms with Gasteiger partial charge in [0, 0.05) is 5.41 Å². The molecule has 0 aliphatic carbocycles. The summed E-state index contributed by atoms with van der Waals surface area (Å²) in [4.78, 5) is 0. The number of benzene rings is 1. The van der Waals surface area contributed by atoms with Gasteiger partial charge in [0.2, 0.25) is 5.28 Å². The molecule has 96 valence electrons. The minimum atomic E-state index is -0.968. The zero-order chi connectivity index (χ0) is 13.5. The van der Waals surface area contributed by atoms with Gasteiger partial charge in [-0.2, -0.15) is 0 Å². The minimum absolute atomic E-state index is 0.00410. The lowest BCUT2D eigenvalue weighted by molar-refractivity contribution is 0.493. The monoisotopic (exact) mass is 271 g/mol. The molecule has 0 radical (unpaired) electrons. The van der Waals surface area contributed by atoms with Gasteiger partial charge in [0.25, 0.3) is 0 Å². The first-order chi connectivity index (χ1) is 8.32. The number of rotatable bonds is 1. The highest BCUT2D eigenvalue weighted by atomic mass is 35.5. The summed E-state index contributed by atoms with van der Waals surface area (Å²) in [5.74, 6) is -1.43. The lowest BCUT2D eigenvalue weighted by atomic mass is 9.95. The van der Waals surface area contributed by atoms with Crippen molar-refractivity contribution in [3.8, 4) is 5.69 Å². The fourth-order valence-corrected chi connectivity index (χ4v) is 1.84. The van der Waals surface area contributed by atoms with Gasteiger partial charge in [-0.25, -0.2) is 8.78 Å². The Balaban J connectivity index is 2.72. The first kappa shape index (κ1) is 13.0. The quantitative estimate of drug-likeness (QED) is 0.795. The molecule has 0 amide bonds. The van der Waals surface area contributed by atoms with Gasteiger partial charge >= 0.3 is 0 Å². The largest absolute Gasteiger partial charge is 0.266 e. The van der Waals surface area contributed by atoms with E-state index in [1.54, 1.807) is 0 Å². The first-order valence-electron chi connectivity index (χ1n) is 5.38. The van der Waals surface area contributed by atoms with Crippen molar-refractivity contribution in [2.75, 3.05) is 0 Å². The molecule has 0 aliphatic rings. The SMILES string of the molecule is CC(C)(C)c1nnc(Cl)n1-c1cccc(F)c1F. The van der Waals surface area contributed by atoms with Gasteiger partial charge in [-0.15, -0.1) is 10.2 Å². The Kier molecular flexibility index (Phi) is 3.11. The van der Waals surface area contributed by atoms with Crippen molar-refractivity contribution in [2.24, 2.45) is 0 Å². The van der Waals surface area contributed by atoms with Crippen LogP contribution in [0.25, 0.3) is 5.69 Å². The van der Waals surface area contributed by atoms with Crippen LogP contribution in [0, 0.1) is 11.6 Å². The highest BCUT2D eigenvalue weighted by molar-refractivity contribution is 6.28. The van der Waals surface area contributed by atoms with Crippen LogP contribution in [0.4, 0.5) is 8.78 Å². The fraction of sp³-hybridized carbons (Fsp3) is 0.333. The van der Waals surface area contributed by atoms with E-state index in [0.29, 0.717) is 5.82 Å². The maximum Gasteiger partial charge on any atom is 0.229 e. The van der Waals surface area contributed by atoms with Crippen LogP contribution >= 0.6 is 11.6 Å². The molecule has 0 saturated heterocycles. The molecular formula is C12H12ClF2N3. The molecule has 0 unspecified atom stereocenters. The molecule has 0 aliphatic heterocycles. The van der Waals surface area contributed by atoms with Crippen LogP contribution in [0.15, 0.2) is 18.2 Å². The summed E-state index contributed by atoms with van der Waals surface area (Å²) in [6.07, 6.45) is 0. The van der Waals surface area contributed by atoms with Crippen molar-refractivity contribution in [2.45, 2.75) is 26.2 Å². The molecule has 0 spiro atoms. The first-order valence-corrected chi connectivity index (χ1v) is 5.76. The van der Waals surface area contributed by atoms with E-state index in [9.17, 15) is 8.78 Å². The Morgan fingerprint density at radius 2 is 1.83 bits per heavy atom. The average molecular weight is 272 g/mol. The molecule has 6 heteroatoms. The second-order valence-electron chi connectivity index (χ2n) is 4.95. The molecule has 2 aromatic rings. The van der Waals surface area contributed by atoms with Crippen LogP contribution in [0.5, 0.6) is 0 Å². The van der Waals surface area contributed by atoms with Crippen LogP contribution < -0.4 is 0 Å². The van der Waals surface area contributed by atoms with E-state index in [1.807, 2.05) is 20.8 Å². The minimum Gasteiger partial charge on any atom is -0.266 e. The van der Waals surface area contributed by atoms with Crippen molar-refractivity contribution < 1.29 is 8.78 Å². The van der Waals surface area contributed by atoms with Gasteiger partial charge in [-0.05, 0) is 23.7 Å². The Bertz CT molecular complexity index is 587. The van der Waals surface area contributed by atoms with Crippen LogP contribution in [-0.2, 0) is 5.41 Å². The van der Waals surface area contributed by atoms with E-state index in [2.05, 4.69) is 10.2 Å². The van der Waals surface area contributed by atoms with E-state index >= 15 is 0 Å². The predicted molar refractivity (Wildman–Crippen MR) is 65.0 cm³/mol. The fourth-order valence-electron chi connectivity index (χ4n) is 1.63. The zero-order valence-electron chi connectivity index (χ0n) is 10.2. The highest BCUT2D eigenvalue weighted by Gasteiger charge is 2.26. The van der Waals surface area contributed by atoms with Crippen molar-refractivity contribution in [3.63, 3.8) is 0 Å². The summed E-state index contributed by atoms with van der Waals surface area (Å²) in [6.45, 7) is 5.67. The second kappa shape index (κ2) is 4.31. The molecule has 3 nitrogen and oxygen atoms in total. The van der Waals surface area contributed by atoms with Gasteiger partial charge in [-0.1, -0.05) is 26.8 Å². The third-order valence-corrected chi connectivity index (χ3v) is 2.71. The van der Waals surface area contributed by atoms with Gasteiger partial charge in [0.1, 0.15) is 5.82 Å². The molecule has 0 atom stereocenters. The maximum absolute atomic E-state index is 13.8. The Labute approximate surface area is 108 Å². The highest BCUT2D eigenvalue weighted by Crippen LogP contribution is 2.28. The summed E-state index contributed by atoms with van der Waals surface area (Å²) in [7, 11) is 0. The Morgan fingerprint density at radius 1 is 1.17 bits per heavy atom. The summed E-state index contributed by atoms with van der Waals surface area (Å²) >= 11 is 5.91. The number of hydrogen-bond donors (Lipinski definition) is 0. The van der Waals surface area contributed by atoms with Gasteiger partial charge in [0.15, 0.2) is 11.6 Å². The molecule has 1 heterocycles. The normalized spacial score (nSPS) is 11.9. The Morgan fingerprint density at radius 3 is 2.44 bits per heavy atom. The second-order valence-corrected chi connectivity index (χ2v) is 5.29. The smallest absolute Gasteiger partial charge is 0.229 e. The van der Waals surface area contributed by atoms with E-state index in [1.165, 1.54) is 16.7 Å². The van der Waals surface area contributed by atoms with Gasteiger partial charge in [0.05, 0.1) is 5.69 Å². The number of halogens is 3. The van der Waals surface area contributed by atoms with Crippen molar-refractivity contribution in [1.82, 2.24) is 14.8 Å². The van der Waals surface area contributed by atoms with Gasteiger partial charge in [-0.3, -0.25) is 4.57 Å². The number of nitrogens with zero attached hydrogens (tertiary/aromatic N) is 3. The number of hydrogen-bond acceptors (Lipinski definition) is 2. The van der Waals surface area contributed by atoms with Crippen LogP contribution in [0.1, 0.15) is 26.6 Å². The molecule has 0 N–H and O–H groups in total. The predicted octanol–water partition coefficient (Wildman–Crippen LogP) is 3.50. The average Bonchev–Trinajstić information content (AvgIpc) is 2.64. The lowest BCUT2D eigenvalue weighted by Gasteiger charge is -2.19. The van der Waals surface area contributed by atoms with Crippen LogP contribution in [0.3, 0.4) is 0 Å². The summed E-state index contributed by atoms with van der Waals surface area (Å²) in [5.41, 5.74) is -0.381. The topological polar surface area (TPSA) is 30.7 Å². The molecule has 1 aromatic heterocycles. The van der Waals surface area contributed by atoms with Crippen molar-refractivity contribution >= 4 is 11.6 Å². The van der Waals surface area contributed by atoms with Crippen LogP contribution in [0.2, 0.25) is 5.28 Å². The molecule has 2 rings (SSSR count). The summed E-state index contributed by atoms with van der Waals surface area (Å²) < 4.78 is 28.4. The van der Waals surface area contributed by atoms with E-state index in [4.69, 9.17) is 11.6 Å². The van der Waals surface area contributed by atoms with Crippen molar-refractivity contribution in [1.29, 1.82) is 0 Å². The Hall–Kier alpha value is -1.49. The molecule has 0 bridgehead atoms. The zero-order valence-corrected chi connectivity index (χ0v) is 11.0. The lowest BCUT2D eigenvalue weighted by Crippen LogP contribution is -2.19. The van der Waals surface area contributed by atoms with E-state index in [0.717, 1.165) is 6.07 Å². The summed E-state index contributed by atoms with van der Waals surface area (Å²) in [6, 6.07) is 3.90. The molecule has 1 aromatic carbocycles. The van der Waals surface area contributed by atoms with Gasteiger partial charge < -0.3 is 0 Å². The third kappa shape index (κ3) is 2.10. The van der Waals surface area contributed by atoms with Crippen LogP contribution in [-0.4, -0.2) is 14.8 Å². The third-order valence-electron chi connectivity index (χ3n) is 2.47. The van der Waals surface area contributed by atoms with Crippen molar-refractivity contribution in [3.05, 3.63) is 40.9 Å². The molecular weight excluding hydrogens is 260 g/mol.